The summed E-state index contributed by atoms with van der Waals surface area (Å²) in [6.45, 7) is 1.96. The Hall–Kier alpha value is -1.55. The van der Waals surface area contributed by atoms with Gasteiger partial charge in [0, 0.05) is 19.8 Å². The van der Waals surface area contributed by atoms with E-state index in [4.69, 9.17) is 5.11 Å². The minimum atomic E-state index is -0.854. The Morgan fingerprint density at radius 3 is 2.40 bits per heavy atom. The molecule has 0 bridgehead atoms. The first-order chi connectivity index (χ1) is 6.56. The lowest BCUT2D eigenvalue weighted by Crippen LogP contribution is -2.10. The van der Waals surface area contributed by atoms with Crippen molar-refractivity contribution < 1.29 is 9.90 Å². The minimum absolute atomic E-state index is 0. The second-order valence-electron chi connectivity index (χ2n) is 3.39. The van der Waals surface area contributed by atoms with Crippen LogP contribution < -0.4 is 11.1 Å². The highest BCUT2D eigenvalue weighted by atomic mass is 16.4. The average molecular weight is 210 g/mol. The van der Waals surface area contributed by atoms with Crippen molar-refractivity contribution in [3.8, 4) is 0 Å². The number of carbonyl (C=O) groups is 1. The third-order valence-electron chi connectivity index (χ3n) is 2.22. The summed E-state index contributed by atoms with van der Waals surface area (Å²) in [5.74, 6) is -0.854. The van der Waals surface area contributed by atoms with E-state index >= 15 is 0 Å². The van der Waals surface area contributed by atoms with Gasteiger partial charge in [0.2, 0.25) is 0 Å². The van der Waals surface area contributed by atoms with Gasteiger partial charge in [0.15, 0.2) is 0 Å². The molecule has 0 aromatic heterocycles. The summed E-state index contributed by atoms with van der Waals surface area (Å²) in [5, 5.41) is 8.91. The molecule has 0 radical (unpaired) electrons. The van der Waals surface area contributed by atoms with Gasteiger partial charge >= 0.3 is 5.97 Å². The number of anilines is 1. The van der Waals surface area contributed by atoms with E-state index in [2.05, 4.69) is 0 Å². The molecule has 1 aromatic rings. The SMILES string of the molecule is CCc1cc(N(C)C)ccc1C(=O)O.N. The molecule has 0 atom stereocenters. The predicted molar refractivity (Wildman–Crippen MR) is 62.1 cm³/mol. The van der Waals surface area contributed by atoms with Crippen LogP contribution in [0.1, 0.15) is 22.8 Å². The number of carboxylic acid groups (broad SMARTS) is 1. The number of rotatable bonds is 3. The van der Waals surface area contributed by atoms with Gasteiger partial charge in [-0.3, -0.25) is 0 Å². The molecule has 0 saturated carbocycles. The lowest BCUT2D eigenvalue weighted by molar-refractivity contribution is 0.0696. The van der Waals surface area contributed by atoms with Gasteiger partial charge in [-0.2, -0.15) is 0 Å². The quantitative estimate of drug-likeness (QED) is 0.801. The van der Waals surface area contributed by atoms with Crippen molar-refractivity contribution >= 4 is 11.7 Å². The monoisotopic (exact) mass is 210 g/mol. The molecule has 1 rings (SSSR count). The van der Waals surface area contributed by atoms with Gasteiger partial charge in [0.1, 0.15) is 0 Å². The molecule has 0 spiro atoms. The van der Waals surface area contributed by atoms with Crippen molar-refractivity contribution in [2.45, 2.75) is 13.3 Å². The number of aryl methyl sites for hydroxylation is 1. The van der Waals surface area contributed by atoms with Gasteiger partial charge in [0.25, 0.3) is 0 Å². The lowest BCUT2D eigenvalue weighted by Gasteiger charge is -2.14. The Labute approximate surface area is 90.1 Å². The van der Waals surface area contributed by atoms with Gasteiger partial charge < -0.3 is 16.2 Å². The van der Waals surface area contributed by atoms with Gasteiger partial charge in [-0.05, 0) is 30.2 Å². The van der Waals surface area contributed by atoms with E-state index in [1.54, 1.807) is 6.07 Å². The van der Waals surface area contributed by atoms with E-state index in [0.29, 0.717) is 5.56 Å². The van der Waals surface area contributed by atoms with Crippen LogP contribution in [0.5, 0.6) is 0 Å². The number of hydrogen-bond acceptors (Lipinski definition) is 3. The molecule has 0 aliphatic rings. The van der Waals surface area contributed by atoms with E-state index in [-0.39, 0.29) is 6.15 Å². The first-order valence-electron chi connectivity index (χ1n) is 4.59. The molecule has 84 valence electrons. The number of benzene rings is 1. The van der Waals surface area contributed by atoms with Crippen molar-refractivity contribution in [1.82, 2.24) is 6.15 Å². The molecule has 0 unspecified atom stereocenters. The molecule has 0 fully saturated rings. The van der Waals surface area contributed by atoms with Crippen LogP contribution in [0.4, 0.5) is 5.69 Å². The zero-order valence-corrected chi connectivity index (χ0v) is 9.45. The largest absolute Gasteiger partial charge is 0.478 e. The van der Waals surface area contributed by atoms with Gasteiger partial charge in [0.05, 0.1) is 5.56 Å². The third-order valence-corrected chi connectivity index (χ3v) is 2.22. The first-order valence-corrected chi connectivity index (χ1v) is 4.59. The van der Waals surface area contributed by atoms with Crippen LogP contribution in [-0.2, 0) is 6.42 Å². The maximum absolute atomic E-state index is 10.8. The van der Waals surface area contributed by atoms with Gasteiger partial charge in [-0.15, -0.1) is 0 Å². The van der Waals surface area contributed by atoms with Crippen molar-refractivity contribution in [2.24, 2.45) is 0 Å². The first kappa shape index (κ1) is 13.4. The topological polar surface area (TPSA) is 75.5 Å². The smallest absolute Gasteiger partial charge is 0.335 e. The van der Waals surface area contributed by atoms with Crippen LogP contribution >= 0.6 is 0 Å². The number of nitrogens with zero attached hydrogens (tertiary/aromatic N) is 1. The van der Waals surface area contributed by atoms with E-state index < -0.39 is 5.97 Å². The lowest BCUT2D eigenvalue weighted by atomic mass is 10.0. The molecule has 0 aliphatic heterocycles. The van der Waals surface area contributed by atoms with Crippen LogP contribution in [0.2, 0.25) is 0 Å². The van der Waals surface area contributed by atoms with Crippen molar-refractivity contribution in [3.63, 3.8) is 0 Å². The third kappa shape index (κ3) is 2.95. The van der Waals surface area contributed by atoms with Crippen LogP contribution in [0, 0.1) is 0 Å². The summed E-state index contributed by atoms with van der Waals surface area (Å²) in [7, 11) is 3.88. The highest BCUT2D eigenvalue weighted by Crippen LogP contribution is 2.18. The van der Waals surface area contributed by atoms with E-state index in [1.807, 2.05) is 38.1 Å². The number of aromatic carboxylic acids is 1. The number of hydrogen-bond donors (Lipinski definition) is 2. The summed E-state index contributed by atoms with van der Waals surface area (Å²) in [5.41, 5.74) is 2.31. The Morgan fingerprint density at radius 2 is 2.00 bits per heavy atom. The Bertz CT molecular complexity index is 348. The van der Waals surface area contributed by atoms with Gasteiger partial charge in [-0.1, -0.05) is 6.92 Å². The summed E-state index contributed by atoms with van der Waals surface area (Å²) in [4.78, 5) is 12.8. The molecule has 1 aromatic carbocycles. The molecule has 0 aliphatic carbocycles. The Balaban J connectivity index is 0.00000196. The zero-order valence-electron chi connectivity index (χ0n) is 9.45. The molecule has 0 saturated heterocycles. The van der Waals surface area contributed by atoms with Crippen LogP contribution in [0.15, 0.2) is 18.2 Å². The molecule has 0 heterocycles. The fourth-order valence-corrected chi connectivity index (χ4v) is 1.36. The van der Waals surface area contributed by atoms with E-state index in [1.165, 1.54) is 0 Å². The van der Waals surface area contributed by atoms with Crippen LogP contribution in [-0.4, -0.2) is 25.2 Å². The fraction of sp³-hybridized carbons (Fsp3) is 0.364. The van der Waals surface area contributed by atoms with Crippen molar-refractivity contribution in [2.75, 3.05) is 19.0 Å². The molecule has 4 N–H and O–H groups in total. The minimum Gasteiger partial charge on any atom is -0.478 e. The summed E-state index contributed by atoms with van der Waals surface area (Å²) < 4.78 is 0. The Kier molecular flexibility index (Phi) is 4.81. The van der Waals surface area contributed by atoms with Crippen molar-refractivity contribution in [3.05, 3.63) is 29.3 Å². The van der Waals surface area contributed by atoms with Crippen molar-refractivity contribution in [1.29, 1.82) is 0 Å². The molecule has 4 nitrogen and oxygen atoms in total. The van der Waals surface area contributed by atoms with Crippen LogP contribution in [0.25, 0.3) is 0 Å². The van der Waals surface area contributed by atoms with Crippen LogP contribution in [0.3, 0.4) is 0 Å². The Morgan fingerprint density at radius 1 is 1.40 bits per heavy atom. The molecular formula is C11H18N2O2. The molecule has 4 heteroatoms. The van der Waals surface area contributed by atoms with E-state index in [0.717, 1.165) is 17.7 Å². The highest BCUT2D eigenvalue weighted by molar-refractivity contribution is 5.90. The summed E-state index contributed by atoms with van der Waals surface area (Å²) in [6, 6.07) is 5.41. The normalized spacial score (nSPS) is 9.27. The van der Waals surface area contributed by atoms with E-state index in [9.17, 15) is 4.79 Å². The summed E-state index contributed by atoms with van der Waals surface area (Å²) in [6.07, 6.45) is 0.739. The fourth-order valence-electron chi connectivity index (χ4n) is 1.36. The molecule has 0 amide bonds. The standard InChI is InChI=1S/C11H15NO2.H3N/c1-4-8-7-9(12(2)3)5-6-10(8)11(13)14;/h5-7H,4H2,1-3H3,(H,13,14);1H3. The highest BCUT2D eigenvalue weighted by Gasteiger charge is 2.09. The average Bonchev–Trinajstić information content (AvgIpc) is 2.16. The molecule has 15 heavy (non-hydrogen) atoms. The maximum Gasteiger partial charge on any atom is 0.335 e. The second kappa shape index (κ2) is 5.36. The number of carboxylic acids is 1. The maximum atomic E-state index is 10.8. The predicted octanol–water partition coefficient (Wildman–Crippen LogP) is 2.18. The zero-order chi connectivity index (χ0) is 10.7. The second-order valence-corrected chi connectivity index (χ2v) is 3.39. The van der Waals surface area contributed by atoms with Gasteiger partial charge in [-0.25, -0.2) is 4.79 Å². The molecular weight excluding hydrogens is 192 g/mol. The summed E-state index contributed by atoms with van der Waals surface area (Å²) >= 11 is 0.